The van der Waals surface area contributed by atoms with Crippen LogP contribution in [0.25, 0.3) is 0 Å². The number of carbonyl (C=O) groups is 1. The minimum Gasteiger partial charge on any atom is -0.289 e. The second-order valence-electron chi connectivity index (χ2n) is 3.98. The average Bonchev–Trinajstić information content (AvgIpc) is 2.29. The highest BCUT2D eigenvalue weighted by Crippen LogP contribution is 2.15. The molecule has 0 aliphatic carbocycles. The van der Waals surface area contributed by atoms with Crippen LogP contribution in [-0.4, -0.2) is 10.8 Å². The first-order chi connectivity index (χ1) is 8.08. The average molecular weight is 229 g/mol. The van der Waals surface area contributed by atoms with Crippen LogP contribution in [-0.2, 0) is 0 Å². The lowest BCUT2D eigenvalue weighted by Crippen LogP contribution is -2.04. The SMILES string of the molecule is Cc1ccc(C(=O)c2ccc(F)cc2C)cn1. The maximum atomic E-state index is 12.9. The summed E-state index contributed by atoms with van der Waals surface area (Å²) in [5, 5.41) is 0. The number of nitrogens with zero attached hydrogens (tertiary/aromatic N) is 1. The van der Waals surface area contributed by atoms with Crippen molar-refractivity contribution in [3.63, 3.8) is 0 Å². The Morgan fingerprint density at radius 2 is 1.94 bits per heavy atom. The standard InChI is InChI=1S/C14H12FNO/c1-9-7-12(15)5-6-13(9)14(17)11-4-3-10(2)16-8-11/h3-8H,1-2H3. The molecule has 2 aromatic rings. The van der Waals surface area contributed by atoms with E-state index >= 15 is 0 Å². The van der Waals surface area contributed by atoms with Gasteiger partial charge in [-0.05, 0) is 49.7 Å². The van der Waals surface area contributed by atoms with Gasteiger partial charge in [0.15, 0.2) is 5.78 Å². The van der Waals surface area contributed by atoms with Crippen LogP contribution in [0, 0.1) is 19.7 Å². The molecule has 0 bridgehead atoms. The molecule has 0 aliphatic heterocycles. The smallest absolute Gasteiger partial charge is 0.194 e. The molecule has 1 aromatic heterocycles. The van der Waals surface area contributed by atoms with Crippen molar-refractivity contribution < 1.29 is 9.18 Å². The summed E-state index contributed by atoms with van der Waals surface area (Å²) in [4.78, 5) is 16.2. The molecule has 17 heavy (non-hydrogen) atoms. The molecule has 0 atom stereocenters. The van der Waals surface area contributed by atoms with E-state index in [1.807, 2.05) is 6.92 Å². The van der Waals surface area contributed by atoms with Crippen molar-refractivity contribution in [3.05, 3.63) is 64.7 Å². The number of hydrogen-bond acceptors (Lipinski definition) is 2. The number of halogens is 1. The molecule has 0 saturated carbocycles. The number of benzene rings is 1. The van der Waals surface area contributed by atoms with Crippen LogP contribution in [0.15, 0.2) is 36.5 Å². The Balaban J connectivity index is 2.40. The highest BCUT2D eigenvalue weighted by Gasteiger charge is 2.12. The fourth-order valence-electron chi connectivity index (χ4n) is 1.64. The Hall–Kier alpha value is -2.03. The van der Waals surface area contributed by atoms with E-state index in [0.29, 0.717) is 16.7 Å². The summed E-state index contributed by atoms with van der Waals surface area (Å²) in [6, 6.07) is 7.67. The van der Waals surface area contributed by atoms with E-state index in [0.717, 1.165) is 5.69 Å². The van der Waals surface area contributed by atoms with E-state index in [2.05, 4.69) is 4.98 Å². The normalized spacial score (nSPS) is 10.3. The van der Waals surface area contributed by atoms with Gasteiger partial charge in [-0.25, -0.2) is 4.39 Å². The van der Waals surface area contributed by atoms with Crippen LogP contribution in [0.3, 0.4) is 0 Å². The van der Waals surface area contributed by atoms with Crippen molar-refractivity contribution in [3.8, 4) is 0 Å². The summed E-state index contributed by atoms with van der Waals surface area (Å²) in [5.74, 6) is -0.462. The topological polar surface area (TPSA) is 30.0 Å². The number of aryl methyl sites for hydroxylation is 2. The lowest BCUT2D eigenvalue weighted by molar-refractivity contribution is 0.103. The van der Waals surface area contributed by atoms with Gasteiger partial charge in [-0.15, -0.1) is 0 Å². The van der Waals surface area contributed by atoms with Crippen molar-refractivity contribution in [1.82, 2.24) is 4.98 Å². The molecule has 0 radical (unpaired) electrons. The van der Waals surface area contributed by atoms with Crippen LogP contribution in [0.5, 0.6) is 0 Å². The molecule has 0 N–H and O–H groups in total. The van der Waals surface area contributed by atoms with Gasteiger partial charge in [0.25, 0.3) is 0 Å². The van der Waals surface area contributed by atoms with Gasteiger partial charge >= 0.3 is 0 Å². The van der Waals surface area contributed by atoms with E-state index in [9.17, 15) is 9.18 Å². The van der Waals surface area contributed by atoms with Crippen LogP contribution in [0.2, 0.25) is 0 Å². The molecule has 0 unspecified atom stereocenters. The van der Waals surface area contributed by atoms with Gasteiger partial charge in [0.1, 0.15) is 5.82 Å². The first-order valence-corrected chi connectivity index (χ1v) is 5.31. The minimum atomic E-state index is -0.332. The van der Waals surface area contributed by atoms with E-state index in [4.69, 9.17) is 0 Å². The molecule has 0 aliphatic rings. The molecule has 0 fully saturated rings. The number of aromatic nitrogens is 1. The summed E-state index contributed by atoms with van der Waals surface area (Å²) < 4.78 is 12.9. The molecular weight excluding hydrogens is 217 g/mol. The van der Waals surface area contributed by atoms with Crippen molar-refractivity contribution in [1.29, 1.82) is 0 Å². The quantitative estimate of drug-likeness (QED) is 0.741. The Labute approximate surface area is 99.1 Å². The summed E-state index contributed by atoms with van der Waals surface area (Å²) >= 11 is 0. The predicted molar refractivity (Wildman–Crippen MR) is 63.5 cm³/mol. The Bertz CT molecular complexity index is 561. The number of ketones is 1. The highest BCUT2D eigenvalue weighted by molar-refractivity contribution is 6.09. The molecular formula is C14H12FNO. The maximum Gasteiger partial charge on any atom is 0.194 e. The van der Waals surface area contributed by atoms with Crippen molar-refractivity contribution in [2.24, 2.45) is 0 Å². The van der Waals surface area contributed by atoms with Gasteiger partial charge in [0.2, 0.25) is 0 Å². The summed E-state index contributed by atoms with van der Waals surface area (Å²) in [5.41, 5.74) is 2.52. The molecule has 2 rings (SSSR count). The zero-order valence-electron chi connectivity index (χ0n) is 9.70. The first-order valence-electron chi connectivity index (χ1n) is 5.31. The van der Waals surface area contributed by atoms with Gasteiger partial charge in [0, 0.05) is 23.0 Å². The number of carbonyl (C=O) groups excluding carboxylic acids is 1. The van der Waals surface area contributed by atoms with Crippen LogP contribution >= 0.6 is 0 Å². The van der Waals surface area contributed by atoms with Gasteiger partial charge in [-0.2, -0.15) is 0 Å². The fourth-order valence-corrected chi connectivity index (χ4v) is 1.64. The Morgan fingerprint density at radius 1 is 1.18 bits per heavy atom. The van der Waals surface area contributed by atoms with Gasteiger partial charge in [-0.3, -0.25) is 9.78 Å². The Morgan fingerprint density at radius 3 is 2.53 bits per heavy atom. The summed E-state index contributed by atoms with van der Waals surface area (Å²) in [6.45, 7) is 3.58. The maximum absolute atomic E-state index is 12.9. The largest absolute Gasteiger partial charge is 0.289 e. The van der Waals surface area contributed by atoms with Gasteiger partial charge < -0.3 is 0 Å². The minimum absolute atomic E-state index is 0.130. The fraction of sp³-hybridized carbons (Fsp3) is 0.143. The third-order valence-corrected chi connectivity index (χ3v) is 2.61. The third kappa shape index (κ3) is 2.38. The summed E-state index contributed by atoms with van der Waals surface area (Å²) in [7, 11) is 0. The summed E-state index contributed by atoms with van der Waals surface area (Å²) in [6.07, 6.45) is 1.54. The predicted octanol–water partition coefficient (Wildman–Crippen LogP) is 3.07. The molecule has 0 spiro atoms. The Kier molecular flexibility index (Phi) is 3.00. The number of hydrogen-bond donors (Lipinski definition) is 0. The van der Waals surface area contributed by atoms with Crippen LogP contribution in [0.4, 0.5) is 4.39 Å². The highest BCUT2D eigenvalue weighted by atomic mass is 19.1. The lowest BCUT2D eigenvalue weighted by atomic mass is 10.00. The molecule has 0 amide bonds. The third-order valence-electron chi connectivity index (χ3n) is 2.61. The van der Waals surface area contributed by atoms with E-state index < -0.39 is 0 Å². The molecule has 2 nitrogen and oxygen atoms in total. The number of rotatable bonds is 2. The lowest BCUT2D eigenvalue weighted by Gasteiger charge is -2.05. The van der Waals surface area contributed by atoms with E-state index in [1.54, 1.807) is 25.3 Å². The molecule has 1 heterocycles. The van der Waals surface area contributed by atoms with Crippen molar-refractivity contribution >= 4 is 5.78 Å². The van der Waals surface area contributed by atoms with Crippen molar-refractivity contribution in [2.45, 2.75) is 13.8 Å². The second kappa shape index (κ2) is 4.45. The van der Waals surface area contributed by atoms with Crippen LogP contribution in [0.1, 0.15) is 27.2 Å². The zero-order chi connectivity index (χ0) is 12.4. The second-order valence-corrected chi connectivity index (χ2v) is 3.98. The first kappa shape index (κ1) is 11.5. The molecule has 1 aromatic carbocycles. The van der Waals surface area contributed by atoms with Crippen LogP contribution < -0.4 is 0 Å². The zero-order valence-corrected chi connectivity index (χ0v) is 9.70. The monoisotopic (exact) mass is 229 g/mol. The van der Waals surface area contributed by atoms with Gasteiger partial charge in [-0.1, -0.05) is 0 Å². The van der Waals surface area contributed by atoms with Crippen molar-refractivity contribution in [2.75, 3.05) is 0 Å². The van der Waals surface area contributed by atoms with E-state index in [1.165, 1.54) is 18.2 Å². The molecule has 0 saturated heterocycles. The molecule has 86 valence electrons. The van der Waals surface area contributed by atoms with E-state index in [-0.39, 0.29) is 11.6 Å². The number of pyridine rings is 1. The molecule has 3 heteroatoms. The van der Waals surface area contributed by atoms with Gasteiger partial charge in [0.05, 0.1) is 0 Å².